The first kappa shape index (κ1) is 20.0. The van der Waals surface area contributed by atoms with Crippen LogP contribution >= 0.6 is 0 Å². The van der Waals surface area contributed by atoms with E-state index in [-0.39, 0.29) is 24.4 Å². The lowest BCUT2D eigenvalue weighted by Crippen LogP contribution is -2.52. The number of carboxylic acid groups (broad SMARTS) is 1. The van der Waals surface area contributed by atoms with Crippen molar-refractivity contribution < 1.29 is 14.7 Å². The van der Waals surface area contributed by atoms with Crippen molar-refractivity contribution in [2.24, 2.45) is 5.92 Å². The number of benzene rings is 1. The molecule has 30 heavy (non-hydrogen) atoms. The zero-order valence-corrected chi connectivity index (χ0v) is 17.4. The van der Waals surface area contributed by atoms with Gasteiger partial charge < -0.3 is 10.0 Å². The van der Waals surface area contributed by atoms with Gasteiger partial charge in [0, 0.05) is 30.3 Å². The molecule has 0 bridgehead atoms. The zero-order chi connectivity index (χ0) is 21.6. The second-order valence-corrected chi connectivity index (χ2v) is 8.54. The van der Waals surface area contributed by atoms with E-state index in [2.05, 4.69) is 11.2 Å². The van der Waals surface area contributed by atoms with Crippen LogP contribution in [0.3, 0.4) is 0 Å². The Kier molecular flexibility index (Phi) is 4.98. The number of hydrogen-bond acceptors (Lipinski definition) is 4. The van der Waals surface area contributed by atoms with Gasteiger partial charge in [-0.3, -0.25) is 14.4 Å². The SMILES string of the molecule is CC(C)CC(=O)N1c2cc(C#N)c(-c3cnn(C4CC4)c3)cc2N(C(=O)O)C[C@@H]1C. The maximum atomic E-state index is 13.0. The van der Waals surface area contributed by atoms with Crippen LogP contribution in [0.2, 0.25) is 0 Å². The second-order valence-electron chi connectivity index (χ2n) is 8.54. The number of anilines is 2. The van der Waals surface area contributed by atoms with Crippen LogP contribution in [0.1, 0.15) is 51.6 Å². The van der Waals surface area contributed by atoms with Crippen LogP contribution in [0.15, 0.2) is 24.5 Å². The molecule has 2 heterocycles. The van der Waals surface area contributed by atoms with Crippen LogP contribution in [0.5, 0.6) is 0 Å². The van der Waals surface area contributed by atoms with E-state index in [4.69, 9.17) is 0 Å². The van der Waals surface area contributed by atoms with Crippen molar-refractivity contribution in [1.82, 2.24) is 9.78 Å². The van der Waals surface area contributed by atoms with Crippen LogP contribution in [-0.2, 0) is 4.79 Å². The lowest BCUT2D eigenvalue weighted by Gasteiger charge is -2.40. The molecule has 1 aromatic heterocycles. The summed E-state index contributed by atoms with van der Waals surface area (Å²) in [6.07, 6.45) is 5.07. The highest BCUT2D eigenvalue weighted by Crippen LogP contribution is 2.42. The largest absolute Gasteiger partial charge is 0.465 e. The third-order valence-electron chi connectivity index (χ3n) is 5.59. The van der Waals surface area contributed by atoms with Gasteiger partial charge in [0.25, 0.3) is 0 Å². The summed E-state index contributed by atoms with van der Waals surface area (Å²) >= 11 is 0. The van der Waals surface area contributed by atoms with E-state index in [1.54, 1.807) is 23.2 Å². The number of aromatic nitrogens is 2. The van der Waals surface area contributed by atoms with Crippen molar-refractivity contribution in [3.8, 4) is 17.2 Å². The van der Waals surface area contributed by atoms with Crippen molar-refractivity contribution in [3.05, 3.63) is 30.1 Å². The van der Waals surface area contributed by atoms with Crippen LogP contribution in [-0.4, -0.2) is 39.5 Å². The van der Waals surface area contributed by atoms with Crippen molar-refractivity contribution in [1.29, 1.82) is 5.26 Å². The molecule has 1 saturated carbocycles. The number of carbonyl (C=O) groups is 2. The van der Waals surface area contributed by atoms with E-state index in [0.29, 0.717) is 35.0 Å². The summed E-state index contributed by atoms with van der Waals surface area (Å²) in [7, 11) is 0. The number of hydrogen-bond donors (Lipinski definition) is 1. The minimum absolute atomic E-state index is 0.0676. The number of amides is 2. The molecule has 2 amide bonds. The summed E-state index contributed by atoms with van der Waals surface area (Å²) in [6.45, 7) is 5.95. The first-order chi connectivity index (χ1) is 14.3. The first-order valence-corrected chi connectivity index (χ1v) is 10.2. The Balaban J connectivity index is 1.85. The van der Waals surface area contributed by atoms with E-state index < -0.39 is 6.09 Å². The fourth-order valence-electron chi connectivity index (χ4n) is 4.02. The molecule has 156 valence electrons. The normalized spacial score (nSPS) is 18.3. The summed E-state index contributed by atoms with van der Waals surface area (Å²) < 4.78 is 1.89. The first-order valence-electron chi connectivity index (χ1n) is 10.2. The van der Waals surface area contributed by atoms with Gasteiger partial charge in [-0.05, 0) is 37.8 Å². The van der Waals surface area contributed by atoms with Gasteiger partial charge in [-0.2, -0.15) is 10.4 Å². The Hall–Kier alpha value is -3.34. The second kappa shape index (κ2) is 7.48. The summed E-state index contributed by atoms with van der Waals surface area (Å²) in [6, 6.07) is 5.65. The average molecular weight is 407 g/mol. The maximum Gasteiger partial charge on any atom is 0.411 e. The molecule has 4 rings (SSSR count). The highest BCUT2D eigenvalue weighted by molar-refractivity contribution is 6.04. The Labute approximate surface area is 175 Å². The molecule has 1 aliphatic carbocycles. The van der Waals surface area contributed by atoms with Crippen molar-refractivity contribution in [2.75, 3.05) is 16.3 Å². The van der Waals surface area contributed by atoms with Crippen molar-refractivity contribution in [3.63, 3.8) is 0 Å². The van der Waals surface area contributed by atoms with Crippen LogP contribution in [0.4, 0.5) is 16.2 Å². The molecule has 1 aromatic carbocycles. The average Bonchev–Trinajstić information content (AvgIpc) is 3.42. The van der Waals surface area contributed by atoms with E-state index >= 15 is 0 Å². The van der Waals surface area contributed by atoms with Gasteiger partial charge in [0.1, 0.15) is 0 Å². The molecular weight excluding hydrogens is 382 g/mol. The number of fused-ring (bicyclic) bond motifs is 1. The fraction of sp³-hybridized carbons (Fsp3) is 0.455. The Morgan fingerprint density at radius 2 is 2.03 bits per heavy atom. The van der Waals surface area contributed by atoms with Gasteiger partial charge >= 0.3 is 6.09 Å². The van der Waals surface area contributed by atoms with Gasteiger partial charge in [-0.1, -0.05) is 13.8 Å². The number of carbonyl (C=O) groups excluding carboxylic acids is 1. The Bertz CT molecular complexity index is 1050. The molecule has 0 saturated heterocycles. The molecule has 8 nitrogen and oxygen atoms in total. The molecule has 1 aliphatic heterocycles. The molecule has 0 radical (unpaired) electrons. The number of rotatable bonds is 4. The molecule has 1 atom stereocenters. The highest BCUT2D eigenvalue weighted by atomic mass is 16.4. The third-order valence-corrected chi connectivity index (χ3v) is 5.59. The van der Waals surface area contributed by atoms with E-state index in [1.807, 2.05) is 31.6 Å². The number of nitriles is 1. The number of nitrogens with zero attached hydrogens (tertiary/aromatic N) is 5. The monoisotopic (exact) mass is 407 g/mol. The molecule has 0 unspecified atom stereocenters. The predicted molar refractivity (Wildman–Crippen MR) is 112 cm³/mol. The third kappa shape index (κ3) is 3.52. The Morgan fingerprint density at radius 1 is 1.30 bits per heavy atom. The van der Waals surface area contributed by atoms with Gasteiger partial charge in [0.15, 0.2) is 0 Å². The molecule has 1 fully saturated rings. The smallest absolute Gasteiger partial charge is 0.411 e. The molecule has 2 aliphatic rings. The van der Waals surface area contributed by atoms with E-state index in [0.717, 1.165) is 18.4 Å². The standard InChI is InChI=1S/C22H25N5O3/c1-13(2)6-21(28)27-14(3)11-25(22(29)30)19-8-18(15(9-23)7-20(19)27)16-10-24-26(12-16)17-4-5-17/h7-8,10,12-14,17H,4-6,11H2,1-3H3,(H,29,30)/t14-/m0/s1. The lowest BCUT2D eigenvalue weighted by molar-refractivity contribution is -0.119. The molecular formula is C22H25N5O3. The van der Waals surface area contributed by atoms with Gasteiger partial charge in [0.2, 0.25) is 5.91 Å². The Morgan fingerprint density at radius 3 is 2.63 bits per heavy atom. The maximum absolute atomic E-state index is 13.0. The van der Waals surface area contributed by atoms with E-state index in [1.165, 1.54) is 4.90 Å². The van der Waals surface area contributed by atoms with Crippen molar-refractivity contribution in [2.45, 2.75) is 52.1 Å². The van der Waals surface area contributed by atoms with Gasteiger partial charge in [0.05, 0.1) is 41.3 Å². The molecule has 2 aromatic rings. The topological polar surface area (TPSA) is 102 Å². The minimum atomic E-state index is -1.08. The van der Waals surface area contributed by atoms with Crippen LogP contribution in [0, 0.1) is 17.2 Å². The van der Waals surface area contributed by atoms with Gasteiger partial charge in [-0.25, -0.2) is 4.79 Å². The summed E-state index contributed by atoms with van der Waals surface area (Å²) in [5.74, 6) is 0.107. The summed E-state index contributed by atoms with van der Waals surface area (Å²) in [5.41, 5.74) is 2.68. The molecule has 8 heteroatoms. The summed E-state index contributed by atoms with van der Waals surface area (Å²) in [5, 5.41) is 24.0. The quantitative estimate of drug-likeness (QED) is 0.824. The van der Waals surface area contributed by atoms with Crippen LogP contribution < -0.4 is 9.80 Å². The lowest BCUT2D eigenvalue weighted by atomic mass is 9.97. The van der Waals surface area contributed by atoms with E-state index in [9.17, 15) is 20.0 Å². The predicted octanol–water partition coefficient (Wildman–Crippen LogP) is 4.02. The van der Waals surface area contributed by atoms with Crippen molar-refractivity contribution >= 4 is 23.4 Å². The molecule has 0 spiro atoms. The van der Waals surface area contributed by atoms with Gasteiger partial charge in [-0.15, -0.1) is 0 Å². The van der Waals surface area contributed by atoms with Crippen LogP contribution in [0.25, 0.3) is 11.1 Å². The fourth-order valence-corrected chi connectivity index (χ4v) is 4.02. The zero-order valence-electron chi connectivity index (χ0n) is 17.4. The highest BCUT2D eigenvalue weighted by Gasteiger charge is 2.36. The summed E-state index contributed by atoms with van der Waals surface area (Å²) in [4.78, 5) is 27.8. The molecule has 1 N–H and O–H groups in total. The minimum Gasteiger partial charge on any atom is -0.465 e.